The van der Waals surface area contributed by atoms with Crippen LogP contribution in [0.15, 0.2) is 42.7 Å². The zero-order valence-electron chi connectivity index (χ0n) is 12.2. The number of carbonyl (C=O) groups is 1. The number of amides is 1. The fourth-order valence-corrected chi connectivity index (χ4v) is 2.87. The Bertz CT molecular complexity index is 627. The van der Waals surface area contributed by atoms with E-state index in [-0.39, 0.29) is 5.91 Å². The molecule has 0 aliphatic carbocycles. The summed E-state index contributed by atoms with van der Waals surface area (Å²) in [5.74, 6) is 0.430. The maximum Gasteiger partial charge on any atom is 0.253 e. The molecular weight excluding hydrogens is 262 g/mol. The predicted molar refractivity (Wildman–Crippen MR) is 81.1 cm³/mol. The van der Waals surface area contributed by atoms with Crippen molar-refractivity contribution in [3.63, 3.8) is 0 Å². The molecule has 3 heterocycles. The Balaban J connectivity index is 1.75. The molecule has 1 aliphatic rings. The number of piperidine rings is 1. The first-order chi connectivity index (χ1) is 10.2. The van der Waals surface area contributed by atoms with Gasteiger partial charge in [0.15, 0.2) is 0 Å². The Hall–Kier alpha value is -2.23. The summed E-state index contributed by atoms with van der Waals surface area (Å²) in [6.45, 7) is 3.58. The monoisotopic (exact) mass is 281 g/mol. The van der Waals surface area contributed by atoms with Crippen LogP contribution in [-0.2, 0) is 0 Å². The molecule has 0 N–H and O–H groups in total. The van der Waals surface area contributed by atoms with E-state index in [1.54, 1.807) is 24.5 Å². The van der Waals surface area contributed by atoms with Gasteiger partial charge < -0.3 is 4.90 Å². The maximum absolute atomic E-state index is 12.5. The Labute approximate surface area is 124 Å². The van der Waals surface area contributed by atoms with Crippen molar-refractivity contribution in [2.24, 2.45) is 0 Å². The minimum atomic E-state index is 0.0924. The van der Waals surface area contributed by atoms with Crippen molar-refractivity contribution in [3.8, 4) is 0 Å². The summed E-state index contributed by atoms with van der Waals surface area (Å²) in [5.41, 5.74) is 2.84. The number of aryl methyl sites for hydroxylation is 1. The molecule has 1 aliphatic heterocycles. The molecule has 0 saturated carbocycles. The van der Waals surface area contributed by atoms with E-state index < -0.39 is 0 Å². The van der Waals surface area contributed by atoms with Crippen LogP contribution < -0.4 is 0 Å². The van der Waals surface area contributed by atoms with Gasteiger partial charge in [-0.3, -0.25) is 14.8 Å². The second-order valence-corrected chi connectivity index (χ2v) is 5.53. The highest BCUT2D eigenvalue weighted by Crippen LogP contribution is 2.26. The number of hydrogen-bond acceptors (Lipinski definition) is 3. The van der Waals surface area contributed by atoms with Gasteiger partial charge in [-0.25, -0.2) is 0 Å². The quantitative estimate of drug-likeness (QED) is 0.850. The summed E-state index contributed by atoms with van der Waals surface area (Å²) in [6.07, 6.45) is 5.45. The maximum atomic E-state index is 12.5. The lowest BCUT2D eigenvalue weighted by molar-refractivity contribution is 0.0706. The van der Waals surface area contributed by atoms with Crippen molar-refractivity contribution in [1.82, 2.24) is 14.9 Å². The summed E-state index contributed by atoms with van der Waals surface area (Å²) >= 11 is 0. The number of likely N-dealkylation sites (tertiary alicyclic amines) is 1. The van der Waals surface area contributed by atoms with E-state index in [0.29, 0.717) is 11.5 Å². The molecule has 2 aromatic heterocycles. The molecule has 3 rings (SSSR count). The number of carbonyl (C=O) groups excluding carboxylic acids is 1. The standard InChI is InChI=1S/C17H19N3O/c1-13-4-2-6-16(19-13)15-5-3-11-20(12-15)17(21)14-7-9-18-10-8-14/h2,4,6-10,15H,3,5,11-12H2,1H3/t15-/m1/s1. The van der Waals surface area contributed by atoms with E-state index in [1.807, 2.05) is 24.0 Å². The summed E-state index contributed by atoms with van der Waals surface area (Å²) in [6, 6.07) is 9.67. The van der Waals surface area contributed by atoms with Crippen LogP contribution in [0.25, 0.3) is 0 Å². The highest BCUT2D eigenvalue weighted by atomic mass is 16.2. The third-order valence-electron chi connectivity index (χ3n) is 3.96. The zero-order valence-corrected chi connectivity index (χ0v) is 12.2. The molecule has 0 unspecified atom stereocenters. The molecule has 1 fully saturated rings. The lowest BCUT2D eigenvalue weighted by atomic mass is 9.93. The molecule has 4 nitrogen and oxygen atoms in total. The largest absolute Gasteiger partial charge is 0.338 e. The van der Waals surface area contributed by atoms with Gasteiger partial charge in [-0.15, -0.1) is 0 Å². The number of nitrogens with zero attached hydrogens (tertiary/aromatic N) is 3. The van der Waals surface area contributed by atoms with Crippen LogP contribution in [0.1, 0.15) is 40.5 Å². The van der Waals surface area contributed by atoms with Gasteiger partial charge in [-0.2, -0.15) is 0 Å². The first-order valence-corrected chi connectivity index (χ1v) is 7.37. The molecule has 1 atom stereocenters. The third kappa shape index (κ3) is 3.10. The summed E-state index contributed by atoms with van der Waals surface area (Å²) in [5, 5.41) is 0. The fourth-order valence-electron chi connectivity index (χ4n) is 2.87. The topological polar surface area (TPSA) is 46.1 Å². The van der Waals surface area contributed by atoms with E-state index in [9.17, 15) is 4.79 Å². The second kappa shape index (κ2) is 6.04. The van der Waals surface area contributed by atoms with E-state index in [2.05, 4.69) is 16.0 Å². The highest BCUT2D eigenvalue weighted by Gasteiger charge is 2.26. The minimum absolute atomic E-state index is 0.0924. The molecule has 4 heteroatoms. The average molecular weight is 281 g/mol. The van der Waals surface area contributed by atoms with Crippen LogP contribution in [-0.4, -0.2) is 33.9 Å². The van der Waals surface area contributed by atoms with Gasteiger partial charge in [0.05, 0.1) is 0 Å². The van der Waals surface area contributed by atoms with Gasteiger partial charge in [0, 0.05) is 48.4 Å². The van der Waals surface area contributed by atoms with Gasteiger partial charge in [0.2, 0.25) is 0 Å². The van der Waals surface area contributed by atoms with Crippen molar-refractivity contribution in [3.05, 3.63) is 59.7 Å². The van der Waals surface area contributed by atoms with E-state index >= 15 is 0 Å². The lowest BCUT2D eigenvalue weighted by Crippen LogP contribution is -2.39. The summed E-state index contributed by atoms with van der Waals surface area (Å²) in [7, 11) is 0. The van der Waals surface area contributed by atoms with Gasteiger partial charge >= 0.3 is 0 Å². The van der Waals surface area contributed by atoms with Gasteiger partial charge in [0.1, 0.15) is 0 Å². The van der Waals surface area contributed by atoms with Crippen LogP contribution in [0.3, 0.4) is 0 Å². The number of pyridine rings is 2. The molecule has 0 bridgehead atoms. The molecule has 0 spiro atoms. The van der Waals surface area contributed by atoms with Gasteiger partial charge in [-0.05, 0) is 44.0 Å². The Kier molecular flexibility index (Phi) is 3.95. The van der Waals surface area contributed by atoms with E-state index in [1.165, 1.54) is 0 Å². The Morgan fingerprint density at radius 1 is 1.24 bits per heavy atom. The fraction of sp³-hybridized carbons (Fsp3) is 0.353. The average Bonchev–Trinajstić information content (AvgIpc) is 2.55. The smallest absolute Gasteiger partial charge is 0.253 e. The first-order valence-electron chi connectivity index (χ1n) is 7.37. The zero-order chi connectivity index (χ0) is 14.7. The van der Waals surface area contributed by atoms with Crippen molar-refractivity contribution < 1.29 is 4.79 Å². The van der Waals surface area contributed by atoms with E-state index in [0.717, 1.165) is 37.3 Å². The predicted octanol–water partition coefficient (Wildman–Crippen LogP) is 2.80. The van der Waals surface area contributed by atoms with Crippen LogP contribution in [0.2, 0.25) is 0 Å². The SMILES string of the molecule is Cc1cccc([C@@H]2CCCN(C(=O)c3ccncc3)C2)n1. The number of rotatable bonds is 2. The molecule has 1 saturated heterocycles. The number of hydrogen-bond donors (Lipinski definition) is 0. The van der Waals surface area contributed by atoms with Crippen molar-refractivity contribution in [2.45, 2.75) is 25.7 Å². The van der Waals surface area contributed by atoms with Crippen LogP contribution in [0, 0.1) is 6.92 Å². The van der Waals surface area contributed by atoms with Crippen LogP contribution >= 0.6 is 0 Å². The molecule has 2 aromatic rings. The highest BCUT2D eigenvalue weighted by molar-refractivity contribution is 5.94. The molecule has 21 heavy (non-hydrogen) atoms. The normalized spacial score (nSPS) is 18.5. The van der Waals surface area contributed by atoms with Crippen LogP contribution in [0.5, 0.6) is 0 Å². The van der Waals surface area contributed by atoms with Gasteiger partial charge in [0.25, 0.3) is 5.91 Å². The molecule has 0 radical (unpaired) electrons. The van der Waals surface area contributed by atoms with Crippen LogP contribution in [0.4, 0.5) is 0 Å². The minimum Gasteiger partial charge on any atom is -0.338 e. The summed E-state index contributed by atoms with van der Waals surface area (Å²) in [4.78, 5) is 23.0. The van der Waals surface area contributed by atoms with E-state index in [4.69, 9.17) is 0 Å². The molecule has 0 aromatic carbocycles. The second-order valence-electron chi connectivity index (χ2n) is 5.53. The Morgan fingerprint density at radius 3 is 2.81 bits per heavy atom. The van der Waals surface area contributed by atoms with Crippen molar-refractivity contribution in [1.29, 1.82) is 0 Å². The first kappa shape index (κ1) is 13.7. The third-order valence-corrected chi connectivity index (χ3v) is 3.96. The summed E-state index contributed by atoms with van der Waals surface area (Å²) < 4.78 is 0. The van der Waals surface area contributed by atoms with Gasteiger partial charge in [-0.1, -0.05) is 6.07 Å². The number of aromatic nitrogens is 2. The lowest BCUT2D eigenvalue weighted by Gasteiger charge is -2.32. The van der Waals surface area contributed by atoms with Crippen molar-refractivity contribution >= 4 is 5.91 Å². The van der Waals surface area contributed by atoms with Crippen molar-refractivity contribution in [2.75, 3.05) is 13.1 Å². The molecule has 1 amide bonds. The Morgan fingerprint density at radius 2 is 2.05 bits per heavy atom. The molecule has 108 valence electrons. The molecular formula is C17H19N3O.